The maximum Gasteiger partial charge on any atom is 0.255 e. The lowest BCUT2D eigenvalue weighted by molar-refractivity contribution is 0.221. The number of piperidine rings is 1. The van der Waals surface area contributed by atoms with Crippen molar-refractivity contribution in [3.05, 3.63) is 106 Å². The van der Waals surface area contributed by atoms with Crippen molar-refractivity contribution in [2.75, 3.05) is 19.6 Å². The third-order valence-corrected chi connectivity index (χ3v) is 7.73. The van der Waals surface area contributed by atoms with Crippen molar-refractivity contribution in [1.29, 1.82) is 0 Å². The van der Waals surface area contributed by atoms with Gasteiger partial charge in [0, 0.05) is 31.7 Å². The highest BCUT2D eigenvalue weighted by Gasteiger charge is 2.14. The summed E-state index contributed by atoms with van der Waals surface area (Å²) in [5.41, 5.74) is 6.41. The number of nitrogens with zero attached hydrogens (tertiary/aromatic N) is 2. The van der Waals surface area contributed by atoms with Crippen LogP contribution in [0.1, 0.15) is 55.7 Å². The second kappa shape index (κ2) is 12.1. The predicted octanol–water partition coefficient (Wildman–Crippen LogP) is 6.71. The minimum absolute atomic E-state index is 0.0634. The third-order valence-electron chi connectivity index (χ3n) is 7.73. The lowest BCUT2D eigenvalue weighted by atomic mass is 9.98. The molecule has 1 aromatic heterocycles. The minimum atomic E-state index is -0.241. The smallest absolute Gasteiger partial charge is 0.255 e. The Labute approximate surface area is 225 Å². The number of rotatable bonds is 9. The molecule has 0 unspecified atom stereocenters. The molecule has 4 aromatic rings. The molecule has 0 amide bonds. The van der Waals surface area contributed by atoms with Crippen molar-refractivity contribution in [2.24, 2.45) is 0 Å². The molecule has 0 aliphatic carbocycles. The Bertz CT molecular complexity index is 1420. The van der Waals surface area contributed by atoms with Gasteiger partial charge in [-0.3, -0.25) is 4.79 Å². The standard InChI is InChI=1S/C33H38FN3O/c1-24(2)26-8-10-27(11-9-26)28-12-13-29-20-30(23-35-22-25-6-14-31(34)15-7-25)33(38)37(32(29)21-28)19-18-36-16-4-3-5-17-36/h6-15,20-21,24,35H,3-5,16-19,22-23H2,1-2H3. The van der Waals surface area contributed by atoms with Gasteiger partial charge in [-0.2, -0.15) is 0 Å². The van der Waals surface area contributed by atoms with Gasteiger partial charge in [0.2, 0.25) is 0 Å². The van der Waals surface area contributed by atoms with E-state index in [1.165, 1.54) is 37.0 Å². The lowest BCUT2D eigenvalue weighted by Crippen LogP contribution is -2.36. The van der Waals surface area contributed by atoms with Gasteiger partial charge in [-0.25, -0.2) is 4.39 Å². The molecule has 0 saturated carbocycles. The fourth-order valence-electron chi connectivity index (χ4n) is 5.39. The average Bonchev–Trinajstić information content (AvgIpc) is 2.94. The summed E-state index contributed by atoms with van der Waals surface area (Å²) in [4.78, 5) is 16.2. The predicted molar refractivity (Wildman–Crippen MR) is 155 cm³/mol. The summed E-state index contributed by atoms with van der Waals surface area (Å²) in [7, 11) is 0. The summed E-state index contributed by atoms with van der Waals surface area (Å²) < 4.78 is 15.2. The van der Waals surface area contributed by atoms with Crippen molar-refractivity contribution < 1.29 is 4.39 Å². The van der Waals surface area contributed by atoms with Gasteiger partial charge < -0.3 is 14.8 Å². The molecule has 1 aliphatic heterocycles. The van der Waals surface area contributed by atoms with E-state index in [1.807, 2.05) is 10.6 Å². The van der Waals surface area contributed by atoms with Crippen molar-refractivity contribution in [3.8, 4) is 11.1 Å². The minimum Gasteiger partial charge on any atom is -0.308 e. The van der Waals surface area contributed by atoms with Crippen molar-refractivity contribution in [3.63, 3.8) is 0 Å². The highest BCUT2D eigenvalue weighted by Crippen LogP contribution is 2.26. The first kappa shape index (κ1) is 26.3. The molecule has 4 nitrogen and oxygen atoms in total. The maximum absolute atomic E-state index is 13.8. The van der Waals surface area contributed by atoms with Gasteiger partial charge >= 0.3 is 0 Å². The van der Waals surface area contributed by atoms with Crippen LogP contribution in [-0.2, 0) is 19.6 Å². The fourth-order valence-corrected chi connectivity index (χ4v) is 5.39. The average molecular weight is 512 g/mol. The van der Waals surface area contributed by atoms with Crippen LogP contribution in [0.15, 0.2) is 77.6 Å². The third kappa shape index (κ3) is 6.23. The zero-order chi connectivity index (χ0) is 26.5. The van der Waals surface area contributed by atoms with E-state index in [0.717, 1.165) is 52.8 Å². The Morgan fingerprint density at radius 1 is 0.816 bits per heavy atom. The first-order chi connectivity index (χ1) is 18.5. The summed E-state index contributed by atoms with van der Waals surface area (Å²) in [6, 6.07) is 23.7. The number of hydrogen-bond acceptors (Lipinski definition) is 3. The lowest BCUT2D eigenvalue weighted by Gasteiger charge is -2.27. The summed E-state index contributed by atoms with van der Waals surface area (Å²) in [6.45, 7) is 9.24. The van der Waals surface area contributed by atoms with Crippen LogP contribution in [0.25, 0.3) is 22.0 Å². The second-order valence-corrected chi connectivity index (χ2v) is 10.8. The van der Waals surface area contributed by atoms with Gasteiger partial charge in [0.15, 0.2) is 0 Å². The molecule has 0 bridgehead atoms. The Morgan fingerprint density at radius 3 is 2.24 bits per heavy atom. The van der Waals surface area contributed by atoms with Crippen LogP contribution >= 0.6 is 0 Å². The molecule has 1 saturated heterocycles. The van der Waals surface area contributed by atoms with Crippen LogP contribution < -0.4 is 10.9 Å². The number of aromatic nitrogens is 1. The quantitative estimate of drug-likeness (QED) is 0.271. The summed E-state index contributed by atoms with van der Waals surface area (Å²) >= 11 is 0. The van der Waals surface area contributed by atoms with Crippen LogP contribution in [0.4, 0.5) is 4.39 Å². The van der Waals surface area contributed by atoms with E-state index >= 15 is 0 Å². The van der Waals surface area contributed by atoms with Gasteiger partial charge in [-0.15, -0.1) is 0 Å². The zero-order valence-corrected chi connectivity index (χ0v) is 22.6. The van der Waals surface area contributed by atoms with Crippen LogP contribution in [0.3, 0.4) is 0 Å². The van der Waals surface area contributed by atoms with E-state index in [0.29, 0.717) is 25.6 Å². The molecule has 1 fully saturated rings. The van der Waals surface area contributed by atoms with Crippen molar-refractivity contribution >= 4 is 10.9 Å². The van der Waals surface area contributed by atoms with E-state index in [9.17, 15) is 9.18 Å². The highest BCUT2D eigenvalue weighted by atomic mass is 19.1. The van der Waals surface area contributed by atoms with Crippen LogP contribution in [-0.4, -0.2) is 29.1 Å². The fraction of sp³-hybridized carbons (Fsp3) is 0.364. The second-order valence-electron chi connectivity index (χ2n) is 10.8. The number of benzene rings is 3. The topological polar surface area (TPSA) is 37.3 Å². The molecule has 1 N–H and O–H groups in total. The number of hydrogen-bond donors (Lipinski definition) is 1. The maximum atomic E-state index is 13.8. The van der Waals surface area contributed by atoms with Gasteiger partial charge in [-0.1, -0.05) is 68.8 Å². The van der Waals surface area contributed by atoms with Crippen molar-refractivity contribution in [1.82, 2.24) is 14.8 Å². The number of halogens is 1. The van der Waals surface area contributed by atoms with Gasteiger partial charge in [0.05, 0.1) is 5.52 Å². The monoisotopic (exact) mass is 511 g/mol. The van der Waals surface area contributed by atoms with E-state index in [1.54, 1.807) is 12.1 Å². The molecule has 3 aromatic carbocycles. The first-order valence-corrected chi connectivity index (χ1v) is 13.9. The Morgan fingerprint density at radius 2 is 1.53 bits per heavy atom. The van der Waals surface area contributed by atoms with Gasteiger partial charge in [0.1, 0.15) is 5.82 Å². The first-order valence-electron chi connectivity index (χ1n) is 13.9. The largest absolute Gasteiger partial charge is 0.308 e. The van der Waals surface area contributed by atoms with Gasteiger partial charge in [0.25, 0.3) is 5.56 Å². The number of fused-ring (bicyclic) bond motifs is 1. The van der Waals surface area contributed by atoms with Crippen LogP contribution in [0.2, 0.25) is 0 Å². The molecule has 0 atom stereocenters. The van der Waals surface area contributed by atoms with E-state index < -0.39 is 0 Å². The Balaban J connectivity index is 1.44. The molecule has 0 spiro atoms. The summed E-state index contributed by atoms with van der Waals surface area (Å²) in [5, 5.41) is 4.45. The zero-order valence-electron chi connectivity index (χ0n) is 22.6. The van der Waals surface area contributed by atoms with Gasteiger partial charge in [-0.05, 0) is 83.8 Å². The highest BCUT2D eigenvalue weighted by molar-refractivity contribution is 5.85. The molecule has 5 rings (SSSR count). The Kier molecular flexibility index (Phi) is 8.35. The van der Waals surface area contributed by atoms with Crippen LogP contribution in [0.5, 0.6) is 0 Å². The van der Waals surface area contributed by atoms with Crippen LogP contribution in [0, 0.1) is 5.82 Å². The van der Waals surface area contributed by atoms with E-state index in [2.05, 4.69) is 66.5 Å². The van der Waals surface area contributed by atoms with E-state index in [-0.39, 0.29) is 11.4 Å². The molecule has 0 radical (unpaired) electrons. The molecular weight excluding hydrogens is 473 g/mol. The molecule has 5 heteroatoms. The molecule has 2 heterocycles. The molecule has 198 valence electrons. The summed E-state index contributed by atoms with van der Waals surface area (Å²) in [6.07, 6.45) is 3.77. The molecule has 1 aliphatic rings. The number of pyridine rings is 1. The Hall–Kier alpha value is -3.28. The van der Waals surface area contributed by atoms with Crippen molar-refractivity contribution in [2.45, 2.75) is 58.7 Å². The molecule has 38 heavy (non-hydrogen) atoms. The summed E-state index contributed by atoms with van der Waals surface area (Å²) in [5.74, 6) is 0.255. The number of nitrogens with one attached hydrogen (secondary N) is 1. The number of likely N-dealkylation sites (tertiary alicyclic amines) is 1. The SMILES string of the molecule is CC(C)c1ccc(-c2ccc3cc(CNCc4ccc(F)cc4)c(=O)n(CCN4CCCCC4)c3c2)cc1. The normalized spacial score (nSPS) is 14.4. The van der Waals surface area contributed by atoms with E-state index in [4.69, 9.17) is 0 Å². The molecular formula is C33H38FN3O.